The predicted octanol–water partition coefficient (Wildman–Crippen LogP) is 4.80. The number of unbranched alkanes of at least 4 members (excludes halogenated alkanes) is 1. The lowest BCUT2D eigenvalue weighted by molar-refractivity contribution is -0.139. The fourth-order valence-corrected chi connectivity index (χ4v) is 5.29. The van der Waals surface area contributed by atoms with Gasteiger partial charge in [0.15, 0.2) is 0 Å². The fourth-order valence-electron chi connectivity index (χ4n) is 3.88. The maximum Gasteiger partial charge on any atom is 0.264 e. The Morgan fingerprint density at radius 3 is 2.03 bits per heavy atom. The molecule has 3 aromatic rings. The van der Waals surface area contributed by atoms with Crippen LogP contribution in [0.25, 0.3) is 0 Å². The maximum atomic E-state index is 13.8. The van der Waals surface area contributed by atoms with Crippen molar-refractivity contribution < 1.29 is 26.8 Å². The van der Waals surface area contributed by atoms with Crippen molar-refractivity contribution in [3.05, 3.63) is 95.6 Å². The van der Waals surface area contributed by atoms with Crippen LogP contribution in [0.4, 0.5) is 14.5 Å². The molecule has 0 heterocycles. The van der Waals surface area contributed by atoms with Gasteiger partial charge in [-0.1, -0.05) is 43.2 Å². The molecule has 0 bridgehead atoms. The van der Waals surface area contributed by atoms with Gasteiger partial charge in [-0.25, -0.2) is 17.2 Å². The molecule has 3 rings (SSSR count). The number of nitrogens with zero attached hydrogens (tertiary/aromatic N) is 2. The molecule has 7 nitrogen and oxygen atoms in total. The van der Waals surface area contributed by atoms with Gasteiger partial charge >= 0.3 is 0 Å². The smallest absolute Gasteiger partial charge is 0.264 e. The van der Waals surface area contributed by atoms with Crippen molar-refractivity contribution in [2.75, 3.05) is 17.4 Å². The topological polar surface area (TPSA) is 86.8 Å². The Hall–Kier alpha value is -3.79. The number of anilines is 1. The zero-order valence-corrected chi connectivity index (χ0v) is 23.0. The molecule has 0 aromatic heterocycles. The molecule has 1 N–H and O–H groups in total. The number of hydrogen-bond acceptors (Lipinski definition) is 4. The molecule has 0 aliphatic heterocycles. The van der Waals surface area contributed by atoms with E-state index in [-0.39, 0.29) is 17.1 Å². The van der Waals surface area contributed by atoms with Crippen LogP contribution in [0.2, 0.25) is 0 Å². The second-order valence-electron chi connectivity index (χ2n) is 9.27. The molecule has 0 radical (unpaired) electrons. The molecule has 1 atom stereocenters. The SMILES string of the molecule is CCCCNC(=O)[C@H](C)N(Cc1ccc(F)cc1)C(=O)CN(c1ccc(F)cc1)S(=O)(=O)c1ccc(C)cc1. The van der Waals surface area contributed by atoms with Crippen molar-refractivity contribution in [3.8, 4) is 0 Å². The Kier molecular flexibility index (Phi) is 10.2. The molecule has 0 aliphatic carbocycles. The van der Waals surface area contributed by atoms with Gasteiger partial charge in [0.2, 0.25) is 11.8 Å². The summed E-state index contributed by atoms with van der Waals surface area (Å²) < 4.78 is 55.5. The number of amides is 2. The summed E-state index contributed by atoms with van der Waals surface area (Å²) in [6.45, 7) is 5.09. The third kappa shape index (κ3) is 7.86. The fraction of sp³-hybridized carbons (Fsp3) is 0.310. The summed E-state index contributed by atoms with van der Waals surface area (Å²) in [5.74, 6) is -2.06. The molecule has 0 aliphatic rings. The molecule has 39 heavy (non-hydrogen) atoms. The van der Waals surface area contributed by atoms with Gasteiger partial charge in [-0.3, -0.25) is 13.9 Å². The van der Waals surface area contributed by atoms with Crippen molar-refractivity contribution in [1.29, 1.82) is 0 Å². The van der Waals surface area contributed by atoms with Gasteiger partial charge in [-0.05, 0) is 74.4 Å². The summed E-state index contributed by atoms with van der Waals surface area (Å²) in [4.78, 5) is 27.9. The highest BCUT2D eigenvalue weighted by Gasteiger charge is 2.32. The summed E-state index contributed by atoms with van der Waals surface area (Å²) in [6, 6.07) is 15.5. The zero-order chi connectivity index (χ0) is 28.6. The lowest BCUT2D eigenvalue weighted by Gasteiger charge is -2.32. The number of halogens is 2. The van der Waals surface area contributed by atoms with Crippen molar-refractivity contribution in [2.45, 2.75) is 51.1 Å². The van der Waals surface area contributed by atoms with Gasteiger partial charge in [-0.2, -0.15) is 0 Å². The van der Waals surface area contributed by atoms with Crippen LogP contribution in [0, 0.1) is 18.6 Å². The molecule has 0 fully saturated rings. The molecule has 0 spiro atoms. The number of hydrogen-bond donors (Lipinski definition) is 1. The van der Waals surface area contributed by atoms with Crippen LogP contribution >= 0.6 is 0 Å². The Balaban J connectivity index is 1.98. The maximum absolute atomic E-state index is 13.8. The molecule has 0 saturated heterocycles. The van der Waals surface area contributed by atoms with Crippen LogP contribution in [0.5, 0.6) is 0 Å². The van der Waals surface area contributed by atoms with Crippen molar-refractivity contribution in [1.82, 2.24) is 10.2 Å². The predicted molar refractivity (Wildman–Crippen MR) is 146 cm³/mol. The molecule has 10 heteroatoms. The number of rotatable bonds is 12. The third-order valence-electron chi connectivity index (χ3n) is 6.27. The van der Waals surface area contributed by atoms with Crippen LogP contribution < -0.4 is 9.62 Å². The largest absolute Gasteiger partial charge is 0.354 e. The van der Waals surface area contributed by atoms with Crippen LogP contribution in [0.1, 0.15) is 37.8 Å². The number of aryl methyl sites for hydroxylation is 1. The van der Waals surface area contributed by atoms with Gasteiger partial charge in [0, 0.05) is 13.1 Å². The Morgan fingerprint density at radius 1 is 0.897 bits per heavy atom. The first-order valence-corrected chi connectivity index (χ1v) is 14.1. The molecule has 208 valence electrons. The van der Waals surface area contributed by atoms with Crippen LogP contribution in [-0.4, -0.2) is 44.3 Å². The summed E-state index contributed by atoms with van der Waals surface area (Å²) in [7, 11) is -4.24. The number of sulfonamides is 1. The quantitative estimate of drug-likeness (QED) is 0.324. The normalized spacial score (nSPS) is 12.0. The molecular weight excluding hydrogens is 524 g/mol. The minimum Gasteiger partial charge on any atom is -0.354 e. The average molecular weight is 558 g/mol. The van der Waals surface area contributed by atoms with E-state index in [4.69, 9.17) is 0 Å². The van der Waals surface area contributed by atoms with E-state index in [2.05, 4.69) is 5.32 Å². The van der Waals surface area contributed by atoms with Crippen molar-refractivity contribution >= 4 is 27.5 Å². The number of carbonyl (C=O) groups is 2. The first kappa shape index (κ1) is 29.8. The van der Waals surface area contributed by atoms with Crippen LogP contribution in [0.3, 0.4) is 0 Å². The Bertz CT molecular complexity index is 1360. The van der Waals surface area contributed by atoms with Crippen LogP contribution in [-0.2, 0) is 26.2 Å². The van der Waals surface area contributed by atoms with Gasteiger partial charge in [0.25, 0.3) is 10.0 Å². The monoisotopic (exact) mass is 557 g/mol. The highest BCUT2D eigenvalue weighted by atomic mass is 32.2. The number of nitrogens with one attached hydrogen (secondary N) is 1. The van der Waals surface area contributed by atoms with Gasteiger partial charge < -0.3 is 10.2 Å². The van der Waals surface area contributed by atoms with E-state index in [1.54, 1.807) is 19.1 Å². The van der Waals surface area contributed by atoms with E-state index in [0.29, 0.717) is 12.1 Å². The van der Waals surface area contributed by atoms with E-state index in [0.717, 1.165) is 34.8 Å². The Morgan fingerprint density at radius 2 is 1.46 bits per heavy atom. The van der Waals surface area contributed by atoms with Gasteiger partial charge in [0.1, 0.15) is 24.2 Å². The second-order valence-corrected chi connectivity index (χ2v) is 11.1. The standard InChI is InChI=1S/C29H33F2N3O4S/c1-4-5-18-32-29(36)22(3)33(19-23-8-10-24(30)11-9-23)28(35)20-34(26-14-12-25(31)13-15-26)39(37,38)27-16-6-21(2)7-17-27/h6-17,22H,4-5,18-20H2,1-3H3,(H,32,36)/t22-/m0/s1. The highest BCUT2D eigenvalue weighted by Crippen LogP contribution is 2.25. The van der Waals surface area contributed by atoms with Gasteiger partial charge in [-0.15, -0.1) is 0 Å². The highest BCUT2D eigenvalue weighted by molar-refractivity contribution is 7.92. The Labute approximate surface area is 228 Å². The van der Waals surface area contributed by atoms with E-state index in [1.807, 2.05) is 13.8 Å². The molecule has 3 aromatic carbocycles. The summed E-state index contributed by atoms with van der Waals surface area (Å²) in [5, 5.41) is 2.80. The second kappa shape index (κ2) is 13.3. The first-order valence-electron chi connectivity index (χ1n) is 12.7. The zero-order valence-electron chi connectivity index (χ0n) is 22.2. The van der Waals surface area contributed by atoms with Crippen molar-refractivity contribution in [2.24, 2.45) is 0 Å². The van der Waals surface area contributed by atoms with Crippen molar-refractivity contribution in [3.63, 3.8) is 0 Å². The van der Waals surface area contributed by atoms with E-state index in [9.17, 15) is 26.8 Å². The lowest BCUT2D eigenvalue weighted by atomic mass is 10.1. The molecule has 2 amide bonds. The third-order valence-corrected chi connectivity index (χ3v) is 8.05. The number of benzene rings is 3. The minimum atomic E-state index is -4.24. The average Bonchev–Trinajstić information content (AvgIpc) is 2.91. The van der Waals surface area contributed by atoms with E-state index in [1.165, 1.54) is 53.4 Å². The summed E-state index contributed by atoms with van der Waals surface area (Å²) in [6.07, 6.45) is 1.63. The molecule has 0 saturated carbocycles. The molecular formula is C29H33F2N3O4S. The van der Waals surface area contributed by atoms with E-state index < -0.39 is 46.1 Å². The number of carbonyl (C=O) groups excluding carboxylic acids is 2. The van der Waals surface area contributed by atoms with Gasteiger partial charge in [0.05, 0.1) is 10.6 Å². The van der Waals surface area contributed by atoms with Crippen LogP contribution in [0.15, 0.2) is 77.7 Å². The van der Waals surface area contributed by atoms with E-state index >= 15 is 0 Å². The first-order chi connectivity index (χ1) is 18.5. The molecule has 0 unspecified atom stereocenters. The lowest BCUT2D eigenvalue weighted by Crippen LogP contribution is -2.51. The summed E-state index contributed by atoms with van der Waals surface area (Å²) in [5.41, 5.74) is 1.51. The summed E-state index contributed by atoms with van der Waals surface area (Å²) >= 11 is 0. The minimum absolute atomic E-state index is 0.0410.